The van der Waals surface area contributed by atoms with Crippen molar-refractivity contribution in [3.8, 4) is 0 Å². The van der Waals surface area contributed by atoms with Gasteiger partial charge in [-0.2, -0.15) is 0 Å². The van der Waals surface area contributed by atoms with E-state index < -0.39 is 0 Å². The van der Waals surface area contributed by atoms with E-state index >= 15 is 0 Å². The number of amides is 1. The van der Waals surface area contributed by atoms with Crippen LogP contribution in [0.2, 0.25) is 0 Å². The summed E-state index contributed by atoms with van der Waals surface area (Å²) in [6.07, 6.45) is 2.37. The maximum atomic E-state index is 11.8. The molecule has 0 aromatic heterocycles. The Morgan fingerprint density at radius 3 is 2.55 bits per heavy atom. The second-order valence-electron chi connectivity index (χ2n) is 5.67. The highest BCUT2D eigenvalue weighted by molar-refractivity contribution is 5.94. The lowest BCUT2D eigenvalue weighted by Crippen LogP contribution is -2.24. The van der Waals surface area contributed by atoms with Crippen molar-refractivity contribution in [1.29, 1.82) is 0 Å². The van der Waals surface area contributed by atoms with Crippen LogP contribution in [0.5, 0.6) is 0 Å². The van der Waals surface area contributed by atoms with Crippen LogP contribution in [0.15, 0.2) is 54.6 Å². The number of anilines is 1. The van der Waals surface area contributed by atoms with Gasteiger partial charge in [0.1, 0.15) is 0 Å². The Kier molecular flexibility index (Phi) is 4.42. The van der Waals surface area contributed by atoms with E-state index in [0.717, 1.165) is 18.5 Å². The number of carbonyl (C=O) groups is 1. The predicted octanol–water partition coefficient (Wildman–Crippen LogP) is 3.78. The molecule has 1 atom stereocenters. The minimum Gasteiger partial charge on any atom is -0.364 e. The van der Waals surface area contributed by atoms with Crippen LogP contribution in [0.3, 0.4) is 0 Å². The summed E-state index contributed by atoms with van der Waals surface area (Å²) in [7, 11) is 0. The summed E-state index contributed by atoms with van der Waals surface area (Å²) in [5.74, 6) is 0.000359. The number of hydrogen-bond donors (Lipinski definition) is 1. The van der Waals surface area contributed by atoms with Gasteiger partial charge in [-0.1, -0.05) is 30.3 Å². The van der Waals surface area contributed by atoms with Gasteiger partial charge in [-0.3, -0.25) is 4.79 Å². The van der Waals surface area contributed by atoms with Crippen LogP contribution in [0.1, 0.15) is 41.7 Å². The van der Waals surface area contributed by atoms with Crippen molar-refractivity contribution in [2.45, 2.75) is 25.8 Å². The summed E-state index contributed by atoms with van der Waals surface area (Å²) in [6, 6.07) is 19.0. The highest BCUT2D eigenvalue weighted by atomic mass is 16.1. The fourth-order valence-corrected chi connectivity index (χ4v) is 3.16. The molecule has 1 aliphatic rings. The van der Waals surface area contributed by atoms with E-state index in [0.29, 0.717) is 12.6 Å². The molecule has 3 nitrogen and oxygen atoms in total. The van der Waals surface area contributed by atoms with Gasteiger partial charge in [-0.25, -0.2) is 0 Å². The molecule has 0 radical (unpaired) electrons. The molecule has 0 aliphatic carbocycles. The average molecular weight is 294 g/mol. The lowest BCUT2D eigenvalue weighted by atomic mass is 10.0. The van der Waals surface area contributed by atoms with Gasteiger partial charge in [0.15, 0.2) is 0 Å². The molecule has 1 aliphatic heterocycles. The van der Waals surface area contributed by atoms with E-state index in [1.165, 1.54) is 17.7 Å². The lowest BCUT2D eigenvalue weighted by Gasteiger charge is -2.27. The molecule has 1 saturated heterocycles. The number of nitrogens with one attached hydrogen (secondary N) is 1. The lowest BCUT2D eigenvalue weighted by molar-refractivity contribution is 0.0956. The maximum Gasteiger partial charge on any atom is 0.251 e. The predicted molar refractivity (Wildman–Crippen MR) is 90.2 cm³/mol. The van der Waals surface area contributed by atoms with Crippen LogP contribution in [-0.4, -0.2) is 19.0 Å². The van der Waals surface area contributed by atoms with Crippen molar-refractivity contribution in [2.75, 3.05) is 18.0 Å². The van der Waals surface area contributed by atoms with Crippen molar-refractivity contribution in [1.82, 2.24) is 5.32 Å². The number of nitrogens with zero attached hydrogens (tertiary/aromatic N) is 1. The third-order valence-electron chi connectivity index (χ3n) is 4.24. The molecule has 3 heteroatoms. The molecule has 1 heterocycles. The molecule has 1 unspecified atom stereocenters. The average Bonchev–Trinajstić information content (AvgIpc) is 3.06. The topological polar surface area (TPSA) is 32.3 Å². The zero-order valence-corrected chi connectivity index (χ0v) is 13.0. The second-order valence-corrected chi connectivity index (χ2v) is 5.67. The molecule has 0 bridgehead atoms. The van der Waals surface area contributed by atoms with Crippen molar-refractivity contribution in [3.05, 3.63) is 65.7 Å². The van der Waals surface area contributed by atoms with E-state index in [9.17, 15) is 4.79 Å². The summed E-state index contributed by atoms with van der Waals surface area (Å²) in [5.41, 5.74) is 3.29. The Hall–Kier alpha value is -2.29. The van der Waals surface area contributed by atoms with E-state index in [2.05, 4.69) is 52.7 Å². The summed E-state index contributed by atoms with van der Waals surface area (Å²) in [5, 5.41) is 2.84. The first-order valence-corrected chi connectivity index (χ1v) is 7.99. The molecule has 2 aromatic carbocycles. The van der Waals surface area contributed by atoms with Crippen molar-refractivity contribution in [2.24, 2.45) is 0 Å². The zero-order valence-electron chi connectivity index (χ0n) is 13.0. The third kappa shape index (κ3) is 2.98. The Bertz CT molecular complexity index is 622. The minimum absolute atomic E-state index is 0.000359. The van der Waals surface area contributed by atoms with Crippen LogP contribution in [-0.2, 0) is 0 Å². The van der Waals surface area contributed by atoms with Crippen molar-refractivity contribution < 1.29 is 4.79 Å². The number of benzene rings is 2. The molecule has 2 aromatic rings. The van der Waals surface area contributed by atoms with Crippen LogP contribution in [0.4, 0.5) is 5.69 Å². The Balaban J connectivity index is 1.80. The molecule has 22 heavy (non-hydrogen) atoms. The fourth-order valence-electron chi connectivity index (χ4n) is 3.16. The van der Waals surface area contributed by atoms with Crippen LogP contribution in [0, 0.1) is 0 Å². The van der Waals surface area contributed by atoms with Gasteiger partial charge >= 0.3 is 0 Å². The van der Waals surface area contributed by atoms with Crippen LogP contribution >= 0.6 is 0 Å². The Labute approximate surface area is 132 Å². The van der Waals surface area contributed by atoms with Gasteiger partial charge in [-0.15, -0.1) is 0 Å². The van der Waals surface area contributed by atoms with E-state index in [-0.39, 0.29) is 5.91 Å². The Morgan fingerprint density at radius 2 is 1.86 bits per heavy atom. The smallest absolute Gasteiger partial charge is 0.251 e. The van der Waals surface area contributed by atoms with Gasteiger partial charge < -0.3 is 10.2 Å². The van der Waals surface area contributed by atoms with E-state index in [4.69, 9.17) is 0 Å². The molecular formula is C19H22N2O. The quantitative estimate of drug-likeness (QED) is 0.930. The van der Waals surface area contributed by atoms with Gasteiger partial charge in [0.05, 0.1) is 6.04 Å². The Morgan fingerprint density at radius 1 is 1.14 bits per heavy atom. The zero-order chi connectivity index (χ0) is 15.4. The van der Waals surface area contributed by atoms with Gasteiger partial charge in [0, 0.05) is 24.3 Å². The molecule has 1 N–H and O–H groups in total. The summed E-state index contributed by atoms with van der Waals surface area (Å²) in [4.78, 5) is 14.3. The van der Waals surface area contributed by atoms with E-state index in [1.54, 1.807) is 0 Å². The van der Waals surface area contributed by atoms with Gasteiger partial charge in [-0.05, 0) is 49.6 Å². The summed E-state index contributed by atoms with van der Waals surface area (Å²) in [6.45, 7) is 3.68. The molecular weight excluding hydrogens is 272 g/mol. The van der Waals surface area contributed by atoms with Crippen molar-refractivity contribution in [3.63, 3.8) is 0 Å². The van der Waals surface area contributed by atoms with Gasteiger partial charge in [0.2, 0.25) is 0 Å². The van der Waals surface area contributed by atoms with Gasteiger partial charge in [0.25, 0.3) is 5.91 Å². The molecule has 114 valence electrons. The second kappa shape index (κ2) is 6.65. The number of carbonyl (C=O) groups excluding carboxylic acids is 1. The number of para-hydroxylation sites is 1. The first kappa shape index (κ1) is 14.6. The standard InChI is InChI=1S/C19H22N2O/c1-2-20-19(22)16-12-10-15(11-13-16)18-9-6-14-21(18)17-7-4-3-5-8-17/h3-5,7-8,10-13,18H,2,6,9,14H2,1H3,(H,20,22). The first-order chi connectivity index (χ1) is 10.8. The SMILES string of the molecule is CCNC(=O)c1ccc(C2CCCN2c2ccccc2)cc1. The largest absolute Gasteiger partial charge is 0.364 e. The van der Waals surface area contributed by atoms with Crippen LogP contribution in [0.25, 0.3) is 0 Å². The molecule has 3 rings (SSSR count). The normalized spacial score (nSPS) is 17.5. The molecule has 1 amide bonds. The molecule has 0 spiro atoms. The minimum atomic E-state index is 0.000359. The molecule has 1 fully saturated rings. The fraction of sp³-hybridized carbons (Fsp3) is 0.316. The summed E-state index contributed by atoms with van der Waals surface area (Å²) < 4.78 is 0. The van der Waals surface area contributed by atoms with Crippen LogP contribution < -0.4 is 10.2 Å². The monoisotopic (exact) mass is 294 g/mol. The summed E-state index contributed by atoms with van der Waals surface area (Å²) >= 11 is 0. The molecule has 0 saturated carbocycles. The van der Waals surface area contributed by atoms with E-state index in [1.807, 2.05) is 19.1 Å². The number of rotatable bonds is 4. The highest BCUT2D eigenvalue weighted by Gasteiger charge is 2.26. The maximum absolute atomic E-state index is 11.8. The number of hydrogen-bond acceptors (Lipinski definition) is 2. The third-order valence-corrected chi connectivity index (χ3v) is 4.24. The van der Waals surface area contributed by atoms with Crippen molar-refractivity contribution >= 4 is 11.6 Å². The highest BCUT2D eigenvalue weighted by Crippen LogP contribution is 2.35. The first-order valence-electron chi connectivity index (χ1n) is 7.99.